The van der Waals surface area contributed by atoms with Gasteiger partial charge in [-0.15, -0.1) is 0 Å². The minimum Gasteiger partial charge on any atom is -0.484 e. The topological polar surface area (TPSA) is 71.4 Å². The summed E-state index contributed by atoms with van der Waals surface area (Å²) in [6.45, 7) is -0.0971. The van der Waals surface area contributed by atoms with Gasteiger partial charge in [-0.1, -0.05) is 24.3 Å². The summed E-state index contributed by atoms with van der Waals surface area (Å²) in [6.07, 6.45) is 3.71. The fourth-order valence-corrected chi connectivity index (χ4v) is 5.32. The number of nitrogens with zero attached hydrogens (tertiary/aromatic N) is 3. The Morgan fingerprint density at radius 3 is 2.37 bits per heavy atom. The molecule has 2 atom stereocenters. The van der Waals surface area contributed by atoms with E-state index in [9.17, 15) is 9.18 Å². The number of carbonyl (C=O) groups is 1. The molecule has 3 aromatic carbocycles. The van der Waals surface area contributed by atoms with Gasteiger partial charge in [0.25, 0.3) is 5.91 Å². The molecule has 1 aliphatic heterocycles. The maximum absolute atomic E-state index is 13.7. The van der Waals surface area contributed by atoms with Crippen molar-refractivity contribution in [2.45, 2.75) is 12.1 Å². The highest BCUT2D eigenvalue weighted by atomic mass is 32.1. The standard InChI is InChI=1S/C32H26FN5O2S/c33-22-11-15-24(16-12-22)37-20-6-10-28(37)31-30(27-9-4-5-19-34-27)36-32(41)38(31)25-17-13-23(14-18-25)35-29(39)21-40-26-7-2-1-3-8-26/h1-20,30-31H,21H2,(H,35,39)(H,36,41)/t30-,31+/m0/s1. The number of hydrogen-bond donors (Lipinski definition) is 2. The van der Waals surface area contributed by atoms with Crippen molar-refractivity contribution in [2.24, 2.45) is 0 Å². The molecule has 5 aromatic rings. The molecule has 1 fully saturated rings. The Balaban J connectivity index is 1.28. The van der Waals surface area contributed by atoms with Gasteiger partial charge in [-0.05, 0) is 97.1 Å². The van der Waals surface area contributed by atoms with Crippen LogP contribution in [0, 0.1) is 5.82 Å². The van der Waals surface area contributed by atoms with E-state index in [1.807, 2.05) is 88.5 Å². The first kappa shape index (κ1) is 26.2. The summed E-state index contributed by atoms with van der Waals surface area (Å²) >= 11 is 5.85. The van der Waals surface area contributed by atoms with Crippen LogP contribution in [-0.2, 0) is 4.79 Å². The number of benzene rings is 3. The SMILES string of the molecule is O=C(COc1ccccc1)Nc1ccc(N2C(=S)N[C@@H](c3ccccn3)[C@H]2c2cccn2-c2ccc(F)cc2)cc1. The van der Waals surface area contributed by atoms with Crippen LogP contribution in [0.5, 0.6) is 5.75 Å². The van der Waals surface area contributed by atoms with Gasteiger partial charge in [0.2, 0.25) is 0 Å². The second-order valence-electron chi connectivity index (χ2n) is 9.47. The van der Waals surface area contributed by atoms with Gasteiger partial charge >= 0.3 is 0 Å². The lowest BCUT2D eigenvalue weighted by atomic mass is 10.0. The summed E-state index contributed by atoms with van der Waals surface area (Å²) in [5, 5.41) is 6.88. The van der Waals surface area contributed by atoms with Gasteiger partial charge in [0.15, 0.2) is 11.7 Å². The Morgan fingerprint density at radius 1 is 0.902 bits per heavy atom. The fourth-order valence-electron chi connectivity index (χ4n) is 4.97. The number of rotatable bonds is 8. The van der Waals surface area contributed by atoms with Crippen molar-refractivity contribution in [2.75, 3.05) is 16.8 Å². The normalized spacial score (nSPS) is 16.3. The van der Waals surface area contributed by atoms with Gasteiger partial charge < -0.3 is 24.8 Å². The quantitative estimate of drug-likeness (QED) is 0.219. The molecular weight excluding hydrogens is 537 g/mol. The highest BCUT2D eigenvalue weighted by Crippen LogP contribution is 2.42. The fraction of sp³-hybridized carbons (Fsp3) is 0.0938. The molecule has 6 rings (SSSR count). The summed E-state index contributed by atoms with van der Waals surface area (Å²) < 4.78 is 21.3. The average Bonchev–Trinajstić information content (AvgIpc) is 3.62. The smallest absolute Gasteiger partial charge is 0.262 e. The number of thiocarbonyl (C=S) groups is 1. The Labute approximate surface area is 242 Å². The zero-order chi connectivity index (χ0) is 28.2. The second-order valence-corrected chi connectivity index (χ2v) is 9.86. The molecular formula is C32H26FN5O2S. The van der Waals surface area contributed by atoms with E-state index in [-0.39, 0.29) is 30.4 Å². The molecule has 41 heavy (non-hydrogen) atoms. The summed E-state index contributed by atoms with van der Waals surface area (Å²) in [6, 6.07) is 32.4. The molecule has 204 valence electrons. The van der Waals surface area contributed by atoms with Crippen molar-refractivity contribution < 1.29 is 13.9 Å². The van der Waals surface area contributed by atoms with Gasteiger partial charge in [0.1, 0.15) is 17.6 Å². The van der Waals surface area contributed by atoms with E-state index in [1.165, 1.54) is 12.1 Å². The molecule has 9 heteroatoms. The van der Waals surface area contributed by atoms with Gasteiger partial charge in [0.05, 0.1) is 11.7 Å². The number of ether oxygens (including phenoxy) is 1. The highest BCUT2D eigenvalue weighted by Gasteiger charge is 2.42. The van der Waals surface area contributed by atoms with Crippen molar-refractivity contribution in [3.05, 3.63) is 139 Å². The predicted octanol–water partition coefficient (Wildman–Crippen LogP) is 6.21. The van der Waals surface area contributed by atoms with Crippen LogP contribution in [0.3, 0.4) is 0 Å². The number of halogens is 1. The van der Waals surface area contributed by atoms with E-state index in [0.29, 0.717) is 16.5 Å². The van der Waals surface area contributed by atoms with Gasteiger partial charge in [-0.25, -0.2) is 4.39 Å². The van der Waals surface area contributed by atoms with Crippen LogP contribution in [0.1, 0.15) is 23.5 Å². The van der Waals surface area contributed by atoms with Crippen molar-refractivity contribution in [3.63, 3.8) is 0 Å². The molecule has 3 heterocycles. The van der Waals surface area contributed by atoms with Gasteiger partial charge in [0, 0.05) is 35.1 Å². The molecule has 1 aliphatic rings. The number of hydrogen-bond acceptors (Lipinski definition) is 4. The van der Waals surface area contributed by atoms with E-state index in [0.717, 1.165) is 22.8 Å². The first-order chi connectivity index (χ1) is 20.1. The largest absolute Gasteiger partial charge is 0.484 e. The Kier molecular flexibility index (Phi) is 7.42. The van der Waals surface area contributed by atoms with Crippen LogP contribution in [0.2, 0.25) is 0 Å². The predicted molar refractivity (Wildman–Crippen MR) is 161 cm³/mol. The van der Waals surface area contributed by atoms with Crippen molar-refractivity contribution in [1.29, 1.82) is 0 Å². The van der Waals surface area contributed by atoms with E-state index in [1.54, 1.807) is 30.5 Å². The maximum atomic E-state index is 13.7. The molecule has 0 radical (unpaired) electrons. The van der Waals surface area contributed by atoms with E-state index >= 15 is 0 Å². The number of nitrogens with one attached hydrogen (secondary N) is 2. The lowest BCUT2D eigenvalue weighted by Crippen LogP contribution is -2.30. The molecule has 0 aliphatic carbocycles. The van der Waals surface area contributed by atoms with Crippen LogP contribution in [0.15, 0.2) is 122 Å². The number of pyridine rings is 1. The molecule has 0 spiro atoms. The number of amides is 1. The summed E-state index contributed by atoms with van der Waals surface area (Å²) in [5.41, 5.74) is 4.11. The summed E-state index contributed by atoms with van der Waals surface area (Å²) in [7, 11) is 0. The second kappa shape index (κ2) is 11.6. The van der Waals surface area contributed by atoms with Gasteiger partial charge in [-0.2, -0.15) is 0 Å². The lowest BCUT2D eigenvalue weighted by Gasteiger charge is -2.29. The molecule has 0 unspecified atom stereocenters. The Morgan fingerprint density at radius 2 is 1.63 bits per heavy atom. The minimum absolute atomic E-state index is 0.0971. The Bertz CT molecular complexity index is 1640. The monoisotopic (exact) mass is 563 g/mol. The van der Waals surface area contributed by atoms with Crippen LogP contribution in [-0.4, -0.2) is 27.2 Å². The van der Waals surface area contributed by atoms with Crippen LogP contribution in [0.4, 0.5) is 15.8 Å². The number of carbonyl (C=O) groups excluding carboxylic acids is 1. The van der Waals surface area contributed by atoms with E-state index in [4.69, 9.17) is 17.0 Å². The maximum Gasteiger partial charge on any atom is 0.262 e. The Hall–Kier alpha value is -5.02. The minimum atomic E-state index is -0.294. The van der Waals surface area contributed by atoms with Crippen LogP contribution < -0.4 is 20.3 Å². The zero-order valence-corrected chi connectivity index (χ0v) is 22.7. The van der Waals surface area contributed by atoms with Crippen molar-refractivity contribution in [1.82, 2.24) is 14.9 Å². The first-order valence-electron chi connectivity index (χ1n) is 13.1. The molecule has 1 amide bonds. The van der Waals surface area contributed by atoms with E-state index in [2.05, 4.69) is 15.6 Å². The third kappa shape index (κ3) is 5.66. The summed E-state index contributed by atoms with van der Waals surface area (Å²) in [5.74, 6) is 0.0788. The molecule has 2 N–H and O–H groups in total. The molecule has 2 aromatic heterocycles. The van der Waals surface area contributed by atoms with Crippen molar-refractivity contribution in [3.8, 4) is 11.4 Å². The van der Waals surface area contributed by atoms with Crippen LogP contribution in [0.25, 0.3) is 5.69 Å². The molecule has 7 nitrogen and oxygen atoms in total. The summed E-state index contributed by atoms with van der Waals surface area (Å²) in [4.78, 5) is 19.1. The first-order valence-corrected chi connectivity index (χ1v) is 13.5. The average molecular weight is 564 g/mol. The lowest BCUT2D eigenvalue weighted by molar-refractivity contribution is -0.118. The molecule has 1 saturated heterocycles. The van der Waals surface area contributed by atoms with E-state index < -0.39 is 0 Å². The van der Waals surface area contributed by atoms with Crippen molar-refractivity contribution >= 4 is 34.6 Å². The highest BCUT2D eigenvalue weighted by molar-refractivity contribution is 7.80. The van der Waals surface area contributed by atoms with Crippen LogP contribution >= 0.6 is 12.2 Å². The third-order valence-electron chi connectivity index (χ3n) is 6.83. The number of para-hydroxylation sites is 1. The number of anilines is 2. The molecule has 0 bridgehead atoms. The third-order valence-corrected chi connectivity index (χ3v) is 7.14. The van der Waals surface area contributed by atoms with Gasteiger partial charge in [-0.3, -0.25) is 9.78 Å². The number of aromatic nitrogens is 2. The molecule has 0 saturated carbocycles. The zero-order valence-electron chi connectivity index (χ0n) is 21.9.